The highest BCUT2D eigenvalue weighted by molar-refractivity contribution is 5.35. The highest BCUT2D eigenvalue weighted by atomic mass is 16.3. The summed E-state index contributed by atoms with van der Waals surface area (Å²) in [5, 5.41) is 31.4. The van der Waals surface area contributed by atoms with Gasteiger partial charge in [-0.3, -0.25) is 0 Å². The van der Waals surface area contributed by atoms with Crippen LogP contribution < -0.4 is 11.4 Å². The quantitative estimate of drug-likeness (QED) is 0.398. The van der Waals surface area contributed by atoms with Gasteiger partial charge in [-0.15, -0.1) is 0 Å². The lowest BCUT2D eigenvalue weighted by molar-refractivity contribution is -0.0554. The van der Waals surface area contributed by atoms with Crippen LogP contribution in [0.2, 0.25) is 0 Å². The summed E-state index contributed by atoms with van der Waals surface area (Å²) in [6.07, 6.45) is 10.0. The van der Waals surface area contributed by atoms with E-state index in [-0.39, 0.29) is 22.8 Å². The summed E-state index contributed by atoms with van der Waals surface area (Å²) < 4.78 is 4.59. The summed E-state index contributed by atoms with van der Waals surface area (Å²) >= 11 is 0. The Balaban J connectivity index is 1.36. The molecule has 8 nitrogen and oxygen atoms in total. The van der Waals surface area contributed by atoms with Gasteiger partial charge in [0, 0.05) is 0 Å². The molecule has 2 heterocycles. The van der Waals surface area contributed by atoms with E-state index in [9.17, 15) is 24.9 Å². The zero-order valence-electron chi connectivity index (χ0n) is 26.2. The maximum atomic E-state index is 14.0. The van der Waals surface area contributed by atoms with E-state index < -0.39 is 17.8 Å². The number of nitrogens with zero attached hydrogens (tertiary/aromatic N) is 3. The third-order valence-electron chi connectivity index (χ3n) is 11.5. The topological polar surface area (TPSA) is 110 Å². The molecular weight excluding hydrogens is 542 g/mol. The van der Waals surface area contributed by atoms with Crippen molar-refractivity contribution in [3.63, 3.8) is 0 Å². The summed E-state index contributed by atoms with van der Waals surface area (Å²) in [6.45, 7) is 8.48. The highest BCUT2D eigenvalue weighted by Gasteiger charge is 2.51. The predicted octanol–water partition coefficient (Wildman–Crippen LogP) is 4.89. The molecule has 0 amide bonds. The number of fused-ring (bicyclic) bond motifs is 2. The molecule has 6 rings (SSSR count). The Morgan fingerprint density at radius 3 is 2.53 bits per heavy atom. The molecule has 0 radical (unpaired) electrons. The van der Waals surface area contributed by atoms with Crippen molar-refractivity contribution in [3.8, 4) is 5.69 Å². The van der Waals surface area contributed by atoms with Crippen LogP contribution in [0.15, 0.2) is 62.7 Å². The van der Waals surface area contributed by atoms with Crippen LogP contribution in [0, 0.1) is 23.2 Å². The van der Waals surface area contributed by atoms with Gasteiger partial charge >= 0.3 is 11.4 Å². The molecule has 1 unspecified atom stereocenters. The number of allylic oxidation sites excluding steroid dienone is 3. The maximum absolute atomic E-state index is 14.0. The smallest absolute Gasteiger partial charge is 0.352 e. The Morgan fingerprint density at radius 1 is 1.07 bits per heavy atom. The lowest BCUT2D eigenvalue weighted by atomic mass is 9.60. The first-order valence-electron chi connectivity index (χ1n) is 16.4. The minimum atomic E-state index is -1.10. The van der Waals surface area contributed by atoms with Crippen LogP contribution in [0.3, 0.4) is 0 Å². The van der Waals surface area contributed by atoms with E-state index in [1.165, 1.54) is 15.7 Å². The average Bonchev–Trinajstić information content (AvgIpc) is 3.45. The van der Waals surface area contributed by atoms with Gasteiger partial charge in [-0.05, 0) is 125 Å². The third-order valence-corrected chi connectivity index (χ3v) is 11.5. The molecule has 2 aromatic rings. The Hall–Kier alpha value is -2.68. The summed E-state index contributed by atoms with van der Waals surface area (Å²) in [6, 6.07) is 8.78. The SMILES string of the molecule is C[C@H](CC[C@@H](O)C(C)(C)O)[C@H]1CC[C@H]2/C(=C/C3C4=C(CC[C@H](O)C4)Cn4c(=O)n(-c5ccccc5)c(=O)n43)CCC[C@]12C. The molecule has 1 aliphatic heterocycles. The van der Waals surface area contributed by atoms with E-state index in [4.69, 9.17) is 0 Å². The Bertz CT molecular complexity index is 1520. The summed E-state index contributed by atoms with van der Waals surface area (Å²) in [5.41, 5.74) is 2.64. The lowest BCUT2D eigenvalue weighted by Crippen LogP contribution is -2.40. The van der Waals surface area contributed by atoms with Crippen LogP contribution in [0.5, 0.6) is 0 Å². The molecule has 0 saturated heterocycles. The Morgan fingerprint density at radius 2 is 1.81 bits per heavy atom. The minimum Gasteiger partial charge on any atom is -0.393 e. The molecule has 2 saturated carbocycles. The predicted molar refractivity (Wildman–Crippen MR) is 167 cm³/mol. The molecule has 7 atom stereocenters. The molecule has 8 heteroatoms. The second kappa shape index (κ2) is 11.4. The number of para-hydroxylation sites is 1. The van der Waals surface area contributed by atoms with Gasteiger partial charge < -0.3 is 15.3 Å². The highest BCUT2D eigenvalue weighted by Crippen LogP contribution is 2.60. The molecule has 43 heavy (non-hydrogen) atoms. The molecule has 1 aromatic heterocycles. The zero-order valence-corrected chi connectivity index (χ0v) is 26.2. The third kappa shape index (κ3) is 5.33. The maximum Gasteiger partial charge on any atom is 0.352 e. The summed E-state index contributed by atoms with van der Waals surface area (Å²) in [5.74, 6) is 1.35. The minimum absolute atomic E-state index is 0.127. The van der Waals surface area contributed by atoms with Crippen LogP contribution >= 0.6 is 0 Å². The Kier molecular flexibility index (Phi) is 8.01. The number of aromatic nitrogens is 3. The molecule has 0 spiro atoms. The van der Waals surface area contributed by atoms with Gasteiger partial charge in [0.1, 0.15) is 0 Å². The normalized spacial score (nSPS) is 31.5. The number of aliphatic hydroxyl groups excluding tert-OH is 2. The summed E-state index contributed by atoms with van der Waals surface area (Å²) in [7, 11) is 0. The van der Waals surface area contributed by atoms with Crippen molar-refractivity contribution in [2.45, 2.75) is 122 Å². The van der Waals surface area contributed by atoms with Gasteiger partial charge in [0.25, 0.3) is 0 Å². The summed E-state index contributed by atoms with van der Waals surface area (Å²) in [4.78, 5) is 27.7. The standard InChI is InChI=1S/C35H49N3O5/c1-22(12-17-31(40)34(2,3)43)28-15-16-29-23(9-8-18-35(28,29)4)19-30-27-20-26(39)14-13-24(27)21-36-32(41)37(33(42)38(30)36)25-10-6-5-7-11-25/h5-7,10-11,19,22,26,28-31,39-40,43H,8-9,12-18,20-21H2,1-4H3/b23-19+/t22-,26+,28-,29+,30?,31-,35-/m1/s1. The van der Waals surface area contributed by atoms with Crippen molar-refractivity contribution in [2.75, 3.05) is 0 Å². The molecule has 234 valence electrons. The van der Waals surface area contributed by atoms with Crippen LogP contribution in [-0.2, 0) is 6.54 Å². The van der Waals surface area contributed by atoms with Crippen molar-refractivity contribution in [2.24, 2.45) is 23.2 Å². The molecule has 0 bridgehead atoms. The number of aliphatic hydroxyl groups is 3. The van der Waals surface area contributed by atoms with Crippen molar-refractivity contribution < 1.29 is 15.3 Å². The molecule has 3 aliphatic carbocycles. The average molecular weight is 592 g/mol. The monoisotopic (exact) mass is 591 g/mol. The van der Waals surface area contributed by atoms with Crippen LogP contribution in [0.4, 0.5) is 0 Å². The molecule has 3 N–H and O–H groups in total. The fraction of sp³-hybridized carbons (Fsp3) is 0.657. The van der Waals surface area contributed by atoms with Gasteiger partial charge in [0.15, 0.2) is 0 Å². The number of hydrogen-bond acceptors (Lipinski definition) is 5. The van der Waals surface area contributed by atoms with Crippen molar-refractivity contribution in [3.05, 3.63) is 74.1 Å². The fourth-order valence-electron chi connectivity index (χ4n) is 9.11. The van der Waals surface area contributed by atoms with Crippen LogP contribution in [-0.4, -0.2) is 47.1 Å². The largest absolute Gasteiger partial charge is 0.393 e. The second-order valence-electron chi connectivity index (χ2n) is 14.7. The van der Waals surface area contributed by atoms with Gasteiger partial charge in [-0.1, -0.05) is 43.7 Å². The zero-order chi connectivity index (χ0) is 30.7. The van der Waals surface area contributed by atoms with E-state index in [2.05, 4.69) is 19.9 Å². The first-order valence-corrected chi connectivity index (χ1v) is 16.4. The number of benzene rings is 1. The van der Waals surface area contributed by atoms with Gasteiger partial charge in [0.2, 0.25) is 0 Å². The molecule has 1 aromatic carbocycles. The number of hydrogen-bond donors (Lipinski definition) is 3. The fourth-order valence-corrected chi connectivity index (χ4v) is 9.11. The van der Waals surface area contributed by atoms with E-state index in [1.54, 1.807) is 35.3 Å². The molecule has 2 fully saturated rings. The van der Waals surface area contributed by atoms with E-state index in [0.29, 0.717) is 49.2 Å². The van der Waals surface area contributed by atoms with Gasteiger partial charge in [-0.2, -0.15) is 0 Å². The first-order chi connectivity index (χ1) is 20.4. The van der Waals surface area contributed by atoms with E-state index >= 15 is 0 Å². The number of rotatable bonds is 7. The van der Waals surface area contributed by atoms with Crippen LogP contribution in [0.1, 0.15) is 97.9 Å². The van der Waals surface area contributed by atoms with E-state index in [0.717, 1.165) is 50.5 Å². The van der Waals surface area contributed by atoms with Crippen molar-refractivity contribution >= 4 is 0 Å². The van der Waals surface area contributed by atoms with Crippen LogP contribution in [0.25, 0.3) is 5.69 Å². The van der Waals surface area contributed by atoms with Crippen molar-refractivity contribution in [1.82, 2.24) is 13.9 Å². The van der Waals surface area contributed by atoms with Gasteiger partial charge in [0.05, 0.1) is 36.1 Å². The molecular formula is C35H49N3O5. The lowest BCUT2D eigenvalue weighted by Gasteiger charge is -2.45. The Labute approximate surface area is 254 Å². The second-order valence-corrected chi connectivity index (χ2v) is 14.7. The molecule has 4 aliphatic rings. The van der Waals surface area contributed by atoms with Gasteiger partial charge in [-0.25, -0.2) is 23.5 Å². The van der Waals surface area contributed by atoms with Crippen molar-refractivity contribution in [1.29, 1.82) is 0 Å². The first kappa shape index (κ1) is 30.4. The van der Waals surface area contributed by atoms with E-state index in [1.807, 2.05) is 18.2 Å².